The molecule has 0 saturated heterocycles. The monoisotopic (exact) mass is 614 g/mol. The van der Waals surface area contributed by atoms with Crippen LogP contribution in [-0.4, -0.2) is 32.3 Å². The summed E-state index contributed by atoms with van der Waals surface area (Å²) in [5.74, 6) is 0. The van der Waals surface area contributed by atoms with E-state index in [1.807, 2.05) is 26.2 Å². The fourth-order valence-electron chi connectivity index (χ4n) is 3.24. The first-order chi connectivity index (χ1) is 11.9. The van der Waals surface area contributed by atoms with Crippen molar-refractivity contribution < 1.29 is 48.0 Å². The van der Waals surface area contributed by atoms with Gasteiger partial charge in [-0.3, -0.25) is 0 Å². The molecule has 0 nitrogen and oxygen atoms in total. The van der Waals surface area contributed by atoms with Crippen LogP contribution in [0, 0.1) is 0 Å². The predicted octanol–water partition coefficient (Wildman–Crippen LogP) is -2.03. The van der Waals surface area contributed by atoms with E-state index in [2.05, 4.69) is 90.7 Å². The number of halogens is 2. The number of hydrogen-bond acceptors (Lipinski definition) is 0. The molecule has 0 aliphatic carbocycles. The molecule has 0 fully saturated rings. The van der Waals surface area contributed by atoms with Gasteiger partial charge in [0, 0.05) is 0 Å². The summed E-state index contributed by atoms with van der Waals surface area (Å²) >= 11 is -0.685. The van der Waals surface area contributed by atoms with Crippen molar-refractivity contribution in [3.63, 3.8) is 0 Å². The van der Waals surface area contributed by atoms with Gasteiger partial charge in [0.15, 0.2) is 0 Å². The third-order valence-corrected chi connectivity index (χ3v) is 30.2. The van der Waals surface area contributed by atoms with Crippen molar-refractivity contribution in [2.24, 2.45) is 0 Å². The Labute approximate surface area is 211 Å². The third kappa shape index (κ3) is 8.01. The third-order valence-electron chi connectivity index (χ3n) is 5.02. The molecule has 2 aromatic rings. The molecule has 2 rings (SSSR count). The van der Waals surface area contributed by atoms with E-state index >= 15 is 0 Å². The van der Waals surface area contributed by atoms with Gasteiger partial charge in [-0.15, -0.1) is 0 Å². The Morgan fingerprint density at radius 3 is 1.00 bits per heavy atom. The van der Waals surface area contributed by atoms with E-state index in [0.717, 1.165) is 16.4 Å². The fraction of sp³-hybridized carbons (Fsp3) is 0.600. The summed E-state index contributed by atoms with van der Waals surface area (Å²) in [6.45, 7) is 30.8. The molecule has 2 atom stereocenters. The van der Waals surface area contributed by atoms with Crippen LogP contribution >= 0.6 is 16.4 Å². The molecule has 0 radical (unpaired) electrons. The minimum Gasteiger partial charge on any atom is -1.00 e. The first-order valence-electron chi connectivity index (χ1n) is 10.2. The van der Waals surface area contributed by atoms with Gasteiger partial charge in [0.1, 0.15) is 0 Å². The summed E-state index contributed by atoms with van der Waals surface area (Å²) in [6.07, 6.45) is 0. The Kier molecular flexibility index (Phi) is 11.1. The molecule has 2 aromatic heterocycles. The van der Waals surface area contributed by atoms with Crippen LogP contribution in [0.4, 0.5) is 0 Å². The SMILES string of the molecule is C[Si](C)(C)c1c[c]([Zr+2][c]2cc([Si](C)(C)C)[pH]c2[Si](C)(C)C)c([Si](C)(C)C)[pH]1.[Cl-].[Cl-]. The van der Waals surface area contributed by atoms with Crippen LogP contribution in [0.15, 0.2) is 12.1 Å². The Morgan fingerprint density at radius 1 is 0.517 bits per heavy atom. The van der Waals surface area contributed by atoms with Crippen molar-refractivity contribution >= 4 is 74.9 Å². The topological polar surface area (TPSA) is 0 Å². The van der Waals surface area contributed by atoms with Gasteiger partial charge in [0.05, 0.1) is 0 Å². The van der Waals surface area contributed by atoms with Crippen LogP contribution in [0.2, 0.25) is 78.6 Å². The molecule has 0 spiro atoms. The maximum atomic E-state index is 2.75. The Bertz CT molecular complexity index is 751. The van der Waals surface area contributed by atoms with E-state index in [0.29, 0.717) is 0 Å². The second-order valence-electron chi connectivity index (χ2n) is 12.1. The zero-order valence-electron chi connectivity index (χ0n) is 20.4. The zero-order valence-corrected chi connectivity index (χ0v) is 30.4. The van der Waals surface area contributed by atoms with Crippen molar-refractivity contribution in [3.05, 3.63) is 12.1 Å². The molecule has 0 amide bonds. The number of hydrogen-bond donors (Lipinski definition) is 0. The first-order valence-corrected chi connectivity index (χ1v) is 28.6. The molecule has 29 heavy (non-hydrogen) atoms. The van der Waals surface area contributed by atoms with E-state index < -0.39 is 55.5 Å². The van der Waals surface area contributed by atoms with Crippen LogP contribution in [0.5, 0.6) is 0 Å². The van der Waals surface area contributed by atoms with Crippen LogP contribution in [0.1, 0.15) is 0 Å². The predicted molar refractivity (Wildman–Crippen MR) is 143 cm³/mol. The Balaban J connectivity index is 0.00000392. The minimum atomic E-state index is -1.22. The molecule has 0 bridgehead atoms. The molecule has 2 heterocycles. The maximum absolute atomic E-state index is 2.75. The van der Waals surface area contributed by atoms with Gasteiger partial charge in [-0.1, -0.05) is 0 Å². The van der Waals surface area contributed by atoms with Gasteiger partial charge in [0.2, 0.25) is 0 Å². The standard InChI is InChI=1S/2C10H20PSi2.2ClH.Zr/c2*1-12(2,3)9-7-8-10(11-9)13(4,5)6;;;/h2*7,11H,1-6H3;2*1H;/q;;;;+2/p-2. The van der Waals surface area contributed by atoms with Gasteiger partial charge >= 0.3 is 189 Å². The molecule has 0 aliphatic heterocycles. The summed E-state index contributed by atoms with van der Waals surface area (Å²) in [5, 5.41) is 0. The minimum absolute atomic E-state index is 0. The second-order valence-corrected chi connectivity index (χ2v) is 40.0. The average molecular weight is 617 g/mol. The van der Waals surface area contributed by atoms with E-state index in [4.69, 9.17) is 0 Å². The Morgan fingerprint density at radius 2 is 0.793 bits per heavy atom. The molecule has 0 N–H and O–H groups in total. The molecule has 0 saturated carbocycles. The van der Waals surface area contributed by atoms with Crippen LogP contribution in [0.3, 0.4) is 0 Å². The van der Waals surface area contributed by atoms with E-state index in [1.165, 1.54) is 0 Å². The molecular weight excluding hydrogens is 577 g/mol. The molecule has 0 aliphatic rings. The second kappa shape index (κ2) is 10.4. The van der Waals surface area contributed by atoms with Crippen molar-refractivity contribution in [2.75, 3.05) is 0 Å². The van der Waals surface area contributed by atoms with Gasteiger partial charge < -0.3 is 24.8 Å². The molecule has 0 aromatic carbocycles. The normalized spacial score (nSPS) is 13.4. The van der Waals surface area contributed by atoms with Crippen LogP contribution < -0.4 is 51.0 Å². The van der Waals surface area contributed by atoms with E-state index in [9.17, 15) is 0 Å². The van der Waals surface area contributed by atoms with Crippen LogP contribution in [0.25, 0.3) is 0 Å². The quantitative estimate of drug-likeness (QED) is 0.329. The number of rotatable bonds is 6. The summed E-state index contributed by atoms with van der Waals surface area (Å²) in [6, 6.07) is 5.51. The molecular formula is C20H40Cl2P2Si4Zr. The van der Waals surface area contributed by atoms with Gasteiger partial charge in [-0.05, 0) is 0 Å². The summed E-state index contributed by atoms with van der Waals surface area (Å²) in [5.41, 5.74) is 0. The molecule has 9 heteroatoms. The van der Waals surface area contributed by atoms with Crippen molar-refractivity contribution in [1.29, 1.82) is 0 Å². The average Bonchev–Trinajstić information content (AvgIpc) is 3.00. The van der Waals surface area contributed by atoms with Gasteiger partial charge in [-0.25, -0.2) is 0 Å². The summed E-state index contributed by atoms with van der Waals surface area (Å²) < 4.78 is 3.80. The van der Waals surface area contributed by atoms with E-state index in [1.54, 1.807) is 0 Å². The van der Waals surface area contributed by atoms with Crippen molar-refractivity contribution in [1.82, 2.24) is 0 Å². The summed E-state index contributed by atoms with van der Waals surface area (Å²) in [4.78, 5) is 7.63. The fourth-order valence-corrected chi connectivity index (χ4v) is 27.6. The maximum Gasteiger partial charge on any atom is -1.00 e. The van der Waals surface area contributed by atoms with E-state index in [-0.39, 0.29) is 24.8 Å². The largest absolute Gasteiger partial charge is 1.00 e. The first kappa shape index (κ1) is 30.9. The smallest absolute Gasteiger partial charge is 1.00 e. The van der Waals surface area contributed by atoms with Gasteiger partial charge in [-0.2, -0.15) is 0 Å². The molecule has 2 unspecified atom stereocenters. The van der Waals surface area contributed by atoms with Gasteiger partial charge in [0.25, 0.3) is 0 Å². The Hall–Kier alpha value is 1.89. The summed E-state index contributed by atoms with van der Waals surface area (Å²) in [7, 11) is -2.69. The van der Waals surface area contributed by atoms with Crippen molar-refractivity contribution in [2.45, 2.75) is 78.6 Å². The van der Waals surface area contributed by atoms with Crippen molar-refractivity contribution in [3.8, 4) is 0 Å². The van der Waals surface area contributed by atoms with Crippen LogP contribution in [-0.2, 0) is 23.2 Å². The molecule has 164 valence electrons. The zero-order chi connectivity index (χ0) is 21.0.